The molecule has 0 saturated carbocycles. The van der Waals surface area contributed by atoms with E-state index in [1.54, 1.807) is 18.8 Å². The number of amides is 3. The summed E-state index contributed by atoms with van der Waals surface area (Å²) in [4.78, 5) is 35.2. The molecule has 0 aromatic carbocycles. The van der Waals surface area contributed by atoms with E-state index in [9.17, 15) is 14.4 Å². The number of nitrogens with two attached hydrogens (primary N) is 1. The third-order valence-electron chi connectivity index (χ3n) is 2.97. The maximum atomic E-state index is 12.0. The number of hydrogen-bond acceptors (Lipinski definition) is 4. The molecule has 0 bridgehead atoms. The number of thioether (sulfide) groups is 1. The molecule has 4 N–H and O–H groups in total. The van der Waals surface area contributed by atoms with Crippen LogP contribution in [0.5, 0.6) is 0 Å². The fourth-order valence-corrected chi connectivity index (χ4v) is 2.50. The number of urea groups is 1. The Labute approximate surface area is 123 Å². The Bertz CT molecular complexity index is 352. The molecule has 0 heterocycles. The molecule has 0 spiro atoms. The van der Waals surface area contributed by atoms with E-state index >= 15 is 0 Å². The molecule has 7 nitrogen and oxygen atoms in total. The van der Waals surface area contributed by atoms with Gasteiger partial charge in [0.2, 0.25) is 5.91 Å². The molecule has 0 radical (unpaired) electrons. The lowest BCUT2D eigenvalue weighted by molar-refractivity contribution is -0.139. The molecule has 116 valence electrons. The van der Waals surface area contributed by atoms with Crippen LogP contribution in [0.1, 0.15) is 26.2 Å². The minimum Gasteiger partial charge on any atom is -0.480 e. The lowest BCUT2D eigenvalue weighted by atomic mass is 10.1. The summed E-state index contributed by atoms with van der Waals surface area (Å²) in [6.45, 7) is 1.96. The predicted octanol–water partition coefficient (Wildman–Crippen LogP) is 0.488. The van der Waals surface area contributed by atoms with E-state index in [0.717, 1.165) is 12.2 Å². The van der Waals surface area contributed by atoms with Crippen LogP contribution in [0.3, 0.4) is 0 Å². The molecule has 20 heavy (non-hydrogen) atoms. The molecular weight excluding hydrogens is 282 g/mol. The first-order chi connectivity index (χ1) is 9.33. The van der Waals surface area contributed by atoms with E-state index in [1.165, 1.54) is 4.90 Å². The van der Waals surface area contributed by atoms with E-state index in [1.807, 2.05) is 13.2 Å². The summed E-state index contributed by atoms with van der Waals surface area (Å²) in [5, 5.41) is 11.4. The van der Waals surface area contributed by atoms with Gasteiger partial charge in [0.25, 0.3) is 0 Å². The first-order valence-electron chi connectivity index (χ1n) is 6.36. The number of carboxylic acids is 1. The normalized spacial score (nSPS) is 13.3. The molecule has 0 fully saturated rings. The van der Waals surface area contributed by atoms with Gasteiger partial charge >= 0.3 is 12.0 Å². The van der Waals surface area contributed by atoms with E-state index in [4.69, 9.17) is 10.8 Å². The van der Waals surface area contributed by atoms with Gasteiger partial charge in [0, 0.05) is 25.3 Å². The molecule has 0 aliphatic carbocycles. The van der Waals surface area contributed by atoms with Crippen molar-refractivity contribution in [2.24, 2.45) is 5.73 Å². The maximum Gasteiger partial charge on any atom is 0.326 e. The summed E-state index contributed by atoms with van der Waals surface area (Å²) in [6, 6.07) is -1.53. The molecule has 0 aliphatic heterocycles. The van der Waals surface area contributed by atoms with Crippen molar-refractivity contribution in [1.29, 1.82) is 0 Å². The van der Waals surface area contributed by atoms with Gasteiger partial charge in [0.05, 0.1) is 0 Å². The third kappa shape index (κ3) is 6.65. The Morgan fingerprint density at radius 2 is 2.00 bits per heavy atom. The summed E-state index contributed by atoms with van der Waals surface area (Å²) < 4.78 is 0. The second kappa shape index (κ2) is 9.46. The first kappa shape index (κ1) is 18.6. The molecule has 3 amide bonds. The molecule has 0 aromatic rings. The van der Waals surface area contributed by atoms with Crippen LogP contribution in [-0.4, -0.2) is 59.1 Å². The standard InChI is InChI=1S/C12H23N3O4S/c1-4-8(7-20-3)15(2)12(19)14-9(11(17)18)5-6-10(13)16/h8-9H,4-7H2,1-3H3,(H2,13,16)(H,14,19)(H,17,18)/t8?,9-/m0/s1. The Kier molecular flexibility index (Phi) is 8.78. The molecule has 0 rings (SSSR count). The van der Waals surface area contributed by atoms with Crippen molar-refractivity contribution in [3.63, 3.8) is 0 Å². The van der Waals surface area contributed by atoms with Crippen LogP contribution in [0.4, 0.5) is 4.79 Å². The Hall–Kier alpha value is -1.44. The van der Waals surface area contributed by atoms with Crippen molar-refractivity contribution in [3.8, 4) is 0 Å². The molecule has 0 aliphatic rings. The third-order valence-corrected chi connectivity index (χ3v) is 3.69. The summed E-state index contributed by atoms with van der Waals surface area (Å²) in [7, 11) is 1.63. The monoisotopic (exact) mass is 305 g/mol. The molecule has 8 heteroatoms. The van der Waals surface area contributed by atoms with Crippen LogP contribution >= 0.6 is 11.8 Å². The molecular formula is C12H23N3O4S. The summed E-state index contributed by atoms with van der Waals surface area (Å²) in [5.74, 6) is -0.988. The van der Waals surface area contributed by atoms with Crippen LogP contribution in [0.15, 0.2) is 0 Å². The van der Waals surface area contributed by atoms with Gasteiger partial charge in [0.1, 0.15) is 6.04 Å². The molecule has 1 unspecified atom stereocenters. The Balaban J connectivity index is 4.57. The SMILES string of the molecule is CCC(CSC)N(C)C(=O)N[C@@H](CCC(N)=O)C(=O)O. The van der Waals surface area contributed by atoms with E-state index in [0.29, 0.717) is 0 Å². The van der Waals surface area contributed by atoms with Gasteiger partial charge in [-0.2, -0.15) is 11.8 Å². The predicted molar refractivity (Wildman–Crippen MR) is 78.6 cm³/mol. The van der Waals surface area contributed by atoms with Crippen LogP contribution in [-0.2, 0) is 9.59 Å². The highest BCUT2D eigenvalue weighted by Crippen LogP contribution is 2.09. The van der Waals surface area contributed by atoms with Gasteiger partial charge in [-0.15, -0.1) is 0 Å². The zero-order valence-corrected chi connectivity index (χ0v) is 12.9. The van der Waals surface area contributed by atoms with Crippen molar-refractivity contribution >= 4 is 29.7 Å². The topological polar surface area (TPSA) is 113 Å². The minimum absolute atomic E-state index is 0.0104. The number of aliphatic carboxylic acids is 1. The number of rotatable bonds is 9. The van der Waals surface area contributed by atoms with Gasteiger partial charge < -0.3 is 21.1 Å². The highest BCUT2D eigenvalue weighted by molar-refractivity contribution is 7.98. The summed E-state index contributed by atoms with van der Waals surface area (Å²) in [5.41, 5.74) is 4.98. The van der Waals surface area contributed by atoms with Crippen LogP contribution in [0, 0.1) is 0 Å². The van der Waals surface area contributed by atoms with Crippen LogP contribution < -0.4 is 11.1 Å². The van der Waals surface area contributed by atoms with Crippen molar-refractivity contribution in [3.05, 3.63) is 0 Å². The van der Waals surface area contributed by atoms with Gasteiger partial charge in [-0.1, -0.05) is 6.92 Å². The number of carboxylic acid groups (broad SMARTS) is 1. The highest BCUT2D eigenvalue weighted by Gasteiger charge is 2.24. The number of carbonyl (C=O) groups is 3. The summed E-state index contributed by atoms with van der Waals surface area (Å²) in [6.07, 6.45) is 2.64. The number of hydrogen-bond donors (Lipinski definition) is 3. The Morgan fingerprint density at radius 3 is 2.40 bits per heavy atom. The van der Waals surface area contributed by atoms with E-state index in [2.05, 4.69) is 5.32 Å². The Morgan fingerprint density at radius 1 is 1.40 bits per heavy atom. The smallest absolute Gasteiger partial charge is 0.326 e. The maximum absolute atomic E-state index is 12.0. The fourth-order valence-electron chi connectivity index (χ4n) is 1.66. The molecule has 0 saturated heterocycles. The number of nitrogens with zero attached hydrogens (tertiary/aromatic N) is 1. The lowest BCUT2D eigenvalue weighted by Gasteiger charge is -2.28. The average molecular weight is 305 g/mol. The largest absolute Gasteiger partial charge is 0.480 e. The fraction of sp³-hybridized carbons (Fsp3) is 0.750. The second-order valence-electron chi connectivity index (χ2n) is 4.47. The van der Waals surface area contributed by atoms with Crippen molar-refractivity contribution in [1.82, 2.24) is 10.2 Å². The highest BCUT2D eigenvalue weighted by atomic mass is 32.2. The average Bonchev–Trinajstić information content (AvgIpc) is 2.39. The van der Waals surface area contributed by atoms with Gasteiger partial charge in [-0.3, -0.25) is 4.79 Å². The van der Waals surface area contributed by atoms with Crippen molar-refractivity contribution in [2.75, 3.05) is 19.1 Å². The molecule has 2 atom stereocenters. The zero-order valence-electron chi connectivity index (χ0n) is 12.1. The van der Waals surface area contributed by atoms with Crippen LogP contribution in [0.25, 0.3) is 0 Å². The van der Waals surface area contributed by atoms with E-state index < -0.39 is 23.9 Å². The molecule has 0 aromatic heterocycles. The van der Waals surface area contributed by atoms with Crippen LogP contribution in [0.2, 0.25) is 0 Å². The summed E-state index contributed by atoms with van der Waals surface area (Å²) >= 11 is 1.62. The second-order valence-corrected chi connectivity index (χ2v) is 5.38. The number of carbonyl (C=O) groups excluding carboxylic acids is 2. The van der Waals surface area contributed by atoms with Crippen molar-refractivity contribution < 1.29 is 19.5 Å². The van der Waals surface area contributed by atoms with Crippen molar-refractivity contribution in [2.45, 2.75) is 38.3 Å². The minimum atomic E-state index is -1.18. The zero-order chi connectivity index (χ0) is 15.7. The van der Waals surface area contributed by atoms with Gasteiger partial charge in [-0.05, 0) is 19.1 Å². The van der Waals surface area contributed by atoms with Gasteiger partial charge in [0.15, 0.2) is 0 Å². The number of primary amides is 1. The van der Waals surface area contributed by atoms with Gasteiger partial charge in [-0.25, -0.2) is 9.59 Å². The quantitative estimate of drug-likeness (QED) is 0.574. The van der Waals surface area contributed by atoms with E-state index in [-0.39, 0.29) is 18.9 Å². The first-order valence-corrected chi connectivity index (χ1v) is 7.76. The number of nitrogens with one attached hydrogen (secondary N) is 1. The lowest BCUT2D eigenvalue weighted by Crippen LogP contribution is -2.50.